The number of carbonyl (C=O) groups excluding carboxylic acids is 2. The molecule has 8 heteroatoms. The molecular weight excluding hydrogens is 464 g/mol. The maximum Gasteiger partial charge on any atom is 0.407 e. The second-order valence-electron chi connectivity index (χ2n) is 8.95. The number of carboxylic acid groups (broad SMARTS) is 1. The first-order chi connectivity index (χ1) is 16.9. The van der Waals surface area contributed by atoms with Crippen LogP contribution in [0.15, 0.2) is 60.0 Å². The Labute approximate surface area is 207 Å². The van der Waals surface area contributed by atoms with E-state index in [9.17, 15) is 19.5 Å². The second-order valence-corrected chi connectivity index (χ2v) is 9.95. The van der Waals surface area contributed by atoms with Crippen molar-refractivity contribution >= 4 is 29.3 Å². The maximum absolute atomic E-state index is 13.0. The Morgan fingerprint density at radius 3 is 2.37 bits per heavy atom. The molecule has 3 aromatic rings. The number of benzene rings is 2. The Hall–Kier alpha value is -3.65. The lowest BCUT2D eigenvalue weighted by Crippen LogP contribution is -2.45. The maximum atomic E-state index is 13.0. The second kappa shape index (κ2) is 9.54. The minimum atomic E-state index is -1.05. The zero-order valence-corrected chi connectivity index (χ0v) is 20.1. The summed E-state index contributed by atoms with van der Waals surface area (Å²) in [5, 5.41) is 14.3. The topological polar surface area (TPSA) is 95.9 Å². The van der Waals surface area contributed by atoms with Gasteiger partial charge in [0.2, 0.25) is 5.91 Å². The molecule has 180 valence electrons. The Bertz CT molecular complexity index is 1240. The molecule has 2 aromatic carbocycles. The minimum absolute atomic E-state index is 0.00650. The quantitative estimate of drug-likeness (QED) is 0.528. The molecule has 2 atom stereocenters. The van der Waals surface area contributed by atoms with Crippen LogP contribution in [0.2, 0.25) is 0 Å². The van der Waals surface area contributed by atoms with E-state index >= 15 is 0 Å². The van der Waals surface area contributed by atoms with Crippen LogP contribution in [-0.4, -0.2) is 47.2 Å². The minimum Gasteiger partial charge on any atom is -0.479 e. The fourth-order valence-electron chi connectivity index (χ4n) is 5.12. The molecule has 0 fully saturated rings. The van der Waals surface area contributed by atoms with Crippen molar-refractivity contribution in [1.29, 1.82) is 0 Å². The van der Waals surface area contributed by atoms with E-state index in [0.717, 1.165) is 27.1 Å². The van der Waals surface area contributed by atoms with Gasteiger partial charge in [-0.05, 0) is 52.6 Å². The van der Waals surface area contributed by atoms with Crippen LogP contribution in [0.4, 0.5) is 4.79 Å². The first-order valence-electron chi connectivity index (χ1n) is 11.6. The Morgan fingerprint density at radius 1 is 1.06 bits per heavy atom. The van der Waals surface area contributed by atoms with Crippen LogP contribution in [0.1, 0.15) is 46.9 Å². The summed E-state index contributed by atoms with van der Waals surface area (Å²) in [6, 6.07) is 16.5. The predicted molar refractivity (Wildman–Crippen MR) is 132 cm³/mol. The number of alkyl carbamates (subject to hydrolysis) is 1. The lowest BCUT2D eigenvalue weighted by molar-refractivity contribution is -0.151. The lowest BCUT2D eigenvalue weighted by Gasteiger charge is -2.34. The molecule has 0 saturated carbocycles. The molecule has 2 heterocycles. The van der Waals surface area contributed by atoms with Crippen molar-refractivity contribution < 1.29 is 24.2 Å². The lowest BCUT2D eigenvalue weighted by atomic mass is 9.98. The summed E-state index contributed by atoms with van der Waals surface area (Å²) in [5.41, 5.74) is 5.24. The van der Waals surface area contributed by atoms with E-state index < -0.39 is 24.1 Å². The zero-order valence-electron chi connectivity index (χ0n) is 19.3. The normalized spacial score (nSPS) is 17.2. The van der Waals surface area contributed by atoms with Crippen molar-refractivity contribution in [2.24, 2.45) is 0 Å². The van der Waals surface area contributed by atoms with Crippen LogP contribution in [0.25, 0.3) is 11.1 Å². The number of hydrogen-bond donors (Lipinski definition) is 2. The van der Waals surface area contributed by atoms with E-state index in [2.05, 4.69) is 29.6 Å². The fraction of sp³-hybridized carbons (Fsp3) is 0.296. The molecule has 1 aliphatic carbocycles. The molecule has 7 nitrogen and oxygen atoms in total. The molecule has 2 amide bonds. The number of nitrogens with one attached hydrogen (secondary N) is 1. The number of aliphatic carboxylic acids is 1. The third kappa shape index (κ3) is 4.41. The Balaban J connectivity index is 1.19. The molecule has 0 bridgehead atoms. The molecule has 5 rings (SSSR count). The largest absolute Gasteiger partial charge is 0.479 e. The van der Waals surface area contributed by atoms with Gasteiger partial charge in [0.1, 0.15) is 6.61 Å². The van der Waals surface area contributed by atoms with E-state index in [1.54, 1.807) is 13.0 Å². The van der Waals surface area contributed by atoms with Gasteiger partial charge in [-0.2, -0.15) is 0 Å². The van der Waals surface area contributed by atoms with Crippen LogP contribution in [0, 0.1) is 0 Å². The van der Waals surface area contributed by atoms with Gasteiger partial charge in [-0.25, -0.2) is 9.59 Å². The van der Waals surface area contributed by atoms with Crippen LogP contribution in [0.5, 0.6) is 0 Å². The number of thiophene rings is 1. The molecule has 1 aliphatic heterocycles. The number of carboxylic acids is 1. The predicted octanol–water partition coefficient (Wildman–Crippen LogP) is 4.58. The average molecular weight is 491 g/mol. The fourth-order valence-corrected chi connectivity index (χ4v) is 6.03. The number of hydrogen-bond acceptors (Lipinski definition) is 5. The number of fused-ring (bicyclic) bond motifs is 4. The van der Waals surface area contributed by atoms with Crippen LogP contribution in [0.3, 0.4) is 0 Å². The van der Waals surface area contributed by atoms with E-state index in [-0.39, 0.29) is 24.9 Å². The van der Waals surface area contributed by atoms with Crippen molar-refractivity contribution in [3.8, 4) is 11.1 Å². The van der Waals surface area contributed by atoms with Gasteiger partial charge >= 0.3 is 12.1 Å². The summed E-state index contributed by atoms with van der Waals surface area (Å²) >= 11 is 1.52. The molecular formula is C27H26N2O5S. The molecule has 0 saturated heterocycles. The van der Waals surface area contributed by atoms with Crippen LogP contribution >= 0.6 is 11.3 Å². The van der Waals surface area contributed by atoms with Gasteiger partial charge in [-0.3, -0.25) is 4.79 Å². The van der Waals surface area contributed by atoms with Gasteiger partial charge in [0, 0.05) is 29.8 Å². The third-order valence-electron chi connectivity index (χ3n) is 6.71. The van der Waals surface area contributed by atoms with Gasteiger partial charge in [0.15, 0.2) is 6.04 Å². The van der Waals surface area contributed by atoms with E-state index in [1.165, 1.54) is 16.2 Å². The highest BCUT2D eigenvalue weighted by atomic mass is 32.1. The molecule has 1 aromatic heterocycles. The number of rotatable bonds is 6. The number of carbonyl (C=O) groups is 3. The summed E-state index contributed by atoms with van der Waals surface area (Å²) < 4.78 is 5.57. The van der Waals surface area contributed by atoms with Crippen molar-refractivity contribution in [3.05, 3.63) is 81.5 Å². The van der Waals surface area contributed by atoms with Crippen LogP contribution in [-0.2, 0) is 20.7 Å². The van der Waals surface area contributed by atoms with Gasteiger partial charge in [-0.1, -0.05) is 48.5 Å². The first kappa shape index (κ1) is 23.1. The van der Waals surface area contributed by atoms with E-state index in [1.807, 2.05) is 29.6 Å². The Morgan fingerprint density at radius 2 is 1.71 bits per heavy atom. The van der Waals surface area contributed by atoms with Gasteiger partial charge in [0.05, 0.1) is 0 Å². The first-order valence-corrected chi connectivity index (χ1v) is 12.5. The summed E-state index contributed by atoms with van der Waals surface area (Å²) in [6.07, 6.45) is 0.0326. The average Bonchev–Trinajstić information content (AvgIpc) is 3.44. The van der Waals surface area contributed by atoms with Gasteiger partial charge in [-0.15, -0.1) is 11.3 Å². The highest BCUT2D eigenvalue weighted by Gasteiger charge is 2.37. The van der Waals surface area contributed by atoms with E-state index in [0.29, 0.717) is 18.5 Å². The van der Waals surface area contributed by atoms with Crippen molar-refractivity contribution in [2.45, 2.75) is 37.8 Å². The molecule has 2 aliphatic rings. The molecule has 0 spiro atoms. The zero-order chi connectivity index (χ0) is 24.5. The number of nitrogens with zero attached hydrogens (tertiary/aromatic N) is 1. The third-order valence-corrected chi connectivity index (χ3v) is 7.71. The Kier molecular flexibility index (Phi) is 6.30. The molecule has 2 N–H and O–H groups in total. The number of amides is 2. The summed E-state index contributed by atoms with van der Waals surface area (Å²) in [4.78, 5) is 39.8. The highest BCUT2D eigenvalue weighted by Crippen LogP contribution is 2.44. The van der Waals surface area contributed by atoms with Crippen molar-refractivity contribution in [3.63, 3.8) is 0 Å². The SMILES string of the molecule is C[C@@H](CC(=O)N1CCc2sccc2C1C(=O)O)NC(=O)OCC1c2ccccc2-c2ccccc21. The number of ether oxygens (including phenoxy) is 1. The smallest absolute Gasteiger partial charge is 0.407 e. The van der Waals surface area contributed by atoms with Crippen molar-refractivity contribution in [2.75, 3.05) is 13.2 Å². The van der Waals surface area contributed by atoms with Crippen LogP contribution < -0.4 is 5.32 Å². The van der Waals surface area contributed by atoms with E-state index in [4.69, 9.17) is 4.74 Å². The molecule has 0 radical (unpaired) electrons. The van der Waals surface area contributed by atoms with Crippen molar-refractivity contribution in [1.82, 2.24) is 10.2 Å². The summed E-state index contributed by atoms with van der Waals surface area (Å²) in [5.74, 6) is -1.40. The summed E-state index contributed by atoms with van der Waals surface area (Å²) in [6.45, 7) is 2.25. The van der Waals surface area contributed by atoms with Gasteiger partial charge in [0.25, 0.3) is 0 Å². The monoisotopic (exact) mass is 490 g/mol. The standard InChI is InChI=1S/C27H26N2O5S/c1-16(14-24(30)29-12-10-23-21(11-13-35-23)25(29)26(31)32)28-27(33)34-15-22-19-8-4-2-6-17(19)18-7-3-5-9-20(18)22/h2-9,11,13,16,22,25H,10,12,14-15H2,1H3,(H,28,33)(H,31,32)/t16-,25?/m0/s1. The van der Waals surface area contributed by atoms with Gasteiger partial charge < -0.3 is 20.1 Å². The summed E-state index contributed by atoms with van der Waals surface area (Å²) in [7, 11) is 0. The highest BCUT2D eigenvalue weighted by molar-refractivity contribution is 7.10. The molecule has 35 heavy (non-hydrogen) atoms. The molecule has 1 unspecified atom stereocenters.